The summed E-state index contributed by atoms with van der Waals surface area (Å²) in [6.07, 6.45) is 4.62. The smallest absolute Gasteiger partial charge is 0.320 e. The largest absolute Gasteiger partial charge is 0.336 e. The van der Waals surface area contributed by atoms with Crippen LogP contribution in [0.4, 0.5) is 5.69 Å². The minimum absolute atomic E-state index is 0.0411. The van der Waals surface area contributed by atoms with Gasteiger partial charge in [-0.2, -0.15) is 10.2 Å². The summed E-state index contributed by atoms with van der Waals surface area (Å²) in [5.41, 5.74) is 1.47. The van der Waals surface area contributed by atoms with E-state index < -0.39 is 10.8 Å². The quantitative estimate of drug-likeness (QED) is 0.521. The van der Waals surface area contributed by atoms with Crippen LogP contribution < -0.4 is 0 Å². The van der Waals surface area contributed by atoms with E-state index in [2.05, 4.69) is 10.2 Å². The van der Waals surface area contributed by atoms with Crippen molar-refractivity contribution in [1.82, 2.24) is 24.5 Å². The Bertz CT molecular complexity index is 899. The summed E-state index contributed by atoms with van der Waals surface area (Å²) in [6.45, 7) is 0.320. The Labute approximate surface area is 143 Å². The molecule has 0 bridgehead atoms. The number of benzene rings is 1. The molecule has 2 aromatic heterocycles. The number of carbonyl (C=O) groups excluding carboxylic acids is 1. The van der Waals surface area contributed by atoms with Gasteiger partial charge >= 0.3 is 5.69 Å². The maximum Gasteiger partial charge on any atom is 0.320 e. The molecule has 0 aliphatic carbocycles. The zero-order chi connectivity index (χ0) is 18.0. The van der Waals surface area contributed by atoms with Crippen LogP contribution in [0.2, 0.25) is 0 Å². The summed E-state index contributed by atoms with van der Waals surface area (Å²) >= 11 is 0. The van der Waals surface area contributed by atoms with Crippen LogP contribution >= 0.6 is 0 Å². The molecule has 2 heterocycles. The van der Waals surface area contributed by atoms with Gasteiger partial charge in [-0.25, -0.2) is 4.68 Å². The molecule has 9 heteroatoms. The molecule has 0 N–H and O–H groups in total. The van der Waals surface area contributed by atoms with Crippen molar-refractivity contribution >= 4 is 11.6 Å². The third-order valence-electron chi connectivity index (χ3n) is 3.79. The predicted molar refractivity (Wildman–Crippen MR) is 89.2 cm³/mol. The lowest BCUT2D eigenvalue weighted by atomic mass is 10.2. The summed E-state index contributed by atoms with van der Waals surface area (Å²) in [6, 6.07) is 9.40. The van der Waals surface area contributed by atoms with Crippen molar-refractivity contribution in [3.05, 3.63) is 70.3 Å². The molecule has 3 rings (SSSR count). The number of nitrogens with zero attached hydrogens (tertiary/aromatic N) is 6. The molecule has 0 radical (unpaired) electrons. The minimum atomic E-state index is -0.604. The van der Waals surface area contributed by atoms with E-state index >= 15 is 0 Å². The van der Waals surface area contributed by atoms with Crippen LogP contribution in [0.5, 0.6) is 0 Å². The molecule has 0 aliphatic rings. The van der Waals surface area contributed by atoms with Gasteiger partial charge in [0.05, 0.1) is 10.6 Å². The Balaban J connectivity index is 1.76. The molecule has 1 amide bonds. The lowest BCUT2D eigenvalue weighted by molar-refractivity contribution is -0.385. The first kappa shape index (κ1) is 16.4. The summed E-state index contributed by atoms with van der Waals surface area (Å²) in [7, 11) is 3.10. The maximum atomic E-state index is 12.6. The number of aryl methyl sites for hydroxylation is 1. The molecule has 0 spiro atoms. The highest BCUT2D eigenvalue weighted by Crippen LogP contribution is 2.19. The first-order valence-electron chi connectivity index (χ1n) is 7.48. The molecule has 9 nitrogen and oxygen atoms in total. The molecular weight excluding hydrogens is 324 g/mol. The molecule has 1 aromatic carbocycles. The molecule has 0 fully saturated rings. The van der Waals surface area contributed by atoms with Gasteiger partial charge in [0.15, 0.2) is 0 Å². The average Bonchev–Trinajstić information content (AvgIpc) is 3.24. The molecule has 3 aromatic rings. The van der Waals surface area contributed by atoms with Crippen molar-refractivity contribution in [2.24, 2.45) is 7.05 Å². The number of hydrogen-bond donors (Lipinski definition) is 0. The lowest BCUT2D eigenvalue weighted by Crippen LogP contribution is -2.28. The highest BCUT2D eigenvalue weighted by atomic mass is 16.6. The topological polar surface area (TPSA) is 99.1 Å². The highest BCUT2D eigenvalue weighted by molar-refractivity contribution is 5.96. The third kappa shape index (κ3) is 3.25. The highest BCUT2D eigenvalue weighted by Gasteiger charge is 2.27. The van der Waals surface area contributed by atoms with Crippen molar-refractivity contribution in [3.8, 4) is 5.69 Å². The zero-order valence-corrected chi connectivity index (χ0v) is 13.7. The van der Waals surface area contributed by atoms with Crippen LogP contribution in [0.1, 0.15) is 16.1 Å². The summed E-state index contributed by atoms with van der Waals surface area (Å²) in [5, 5.41) is 19.0. The summed E-state index contributed by atoms with van der Waals surface area (Å²) in [5.74, 6) is -0.456. The fourth-order valence-corrected chi connectivity index (χ4v) is 2.51. The second kappa shape index (κ2) is 6.56. The molecule has 0 aliphatic heterocycles. The molecule has 25 heavy (non-hydrogen) atoms. The second-order valence-electron chi connectivity index (χ2n) is 5.54. The summed E-state index contributed by atoms with van der Waals surface area (Å²) in [4.78, 5) is 24.4. The second-order valence-corrected chi connectivity index (χ2v) is 5.54. The van der Waals surface area contributed by atoms with Gasteiger partial charge in [-0.15, -0.1) is 0 Å². The Morgan fingerprint density at radius 2 is 2.00 bits per heavy atom. The van der Waals surface area contributed by atoms with Gasteiger partial charge < -0.3 is 4.90 Å². The molecule has 128 valence electrons. The van der Waals surface area contributed by atoms with Gasteiger partial charge in [0.2, 0.25) is 5.69 Å². The number of nitro groups is 1. The van der Waals surface area contributed by atoms with E-state index in [9.17, 15) is 14.9 Å². The van der Waals surface area contributed by atoms with Gasteiger partial charge in [0.25, 0.3) is 5.91 Å². The predicted octanol–water partition coefficient (Wildman–Crippen LogP) is 1.79. The van der Waals surface area contributed by atoms with Gasteiger partial charge in [0.1, 0.15) is 6.20 Å². The number of rotatable bonds is 5. The van der Waals surface area contributed by atoms with Crippen LogP contribution in [0.25, 0.3) is 5.69 Å². The Kier molecular flexibility index (Phi) is 4.29. The van der Waals surface area contributed by atoms with E-state index in [1.165, 1.54) is 16.6 Å². The van der Waals surface area contributed by atoms with Crippen LogP contribution in [0.3, 0.4) is 0 Å². The van der Waals surface area contributed by atoms with Crippen molar-refractivity contribution in [1.29, 1.82) is 0 Å². The maximum absolute atomic E-state index is 12.6. The van der Waals surface area contributed by atoms with Crippen molar-refractivity contribution < 1.29 is 9.72 Å². The zero-order valence-electron chi connectivity index (χ0n) is 13.7. The minimum Gasteiger partial charge on any atom is -0.336 e. The van der Waals surface area contributed by atoms with Crippen LogP contribution in [0, 0.1) is 10.1 Å². The third-order valence-corrected chi connectivity index (χ3v) is 3.79. The van der Waals surface area contributed by atoms with Crippen molar-refractivity contribution in [2.45, 2.75) is 6.54 Å². The van der Waals surface area contributed by atoms with E-state index in [4.69, 9.17) is 0 Å². The van der Waals surface area contributed by atoms with Gasteiger partial charge in [-0.1, -0.05) is 12.1 Å². The van der Waals surface area contributed by atoms with Crippen molar-refractivity contribution in [3.63, 3.8) is 0 Å². The molecular formula is C16H16N6O3. The van der Waals surface area contributed by atoms with Crippen LogP contribution in [-0.4, -0.2) is 42.3 Å². The fourth-order valence-electron chi connectivity index (χ4n) is 2.51. The molecule has 0 saturated heterocycles. The lowest BCUT2D eigenvalue weighted by Gasteiger charge is -2.17. The SMILES string of the molecule is CN(Cc1ccc(-n2cccn2)cc1)C(=O)c1c([N+](=O)[O-])cnn1C. The van der Waals surface area contributed by atoms with E-state index in [0.717, 1.165) is 17.4 Å². The summed E-state index contributed by atoms with van der Waals surface area (Å²) < 4.78 is 2.95. The van der Waals surface area contributed by atoms with E-state index in [1.807, 2.05) is 36.5 Å². The number of hydrogen-bond acceptors (Lipinski definition) is 5. The van der Waals surface area contributed by atoms with Gasteiger partial charge in [0, 0.05) is 33.0 Å². The van der Waals surface area contributed by atoms with Crippen LogP contribution in [0.15, 0.2) is 48.9 Å². The number of amides is 1. The Hall–Kier alpha value is -3.49. The van der Waals surface area contributed by atoms with E-state index in [-0.39, 0.29) is 11.4 Å². The first-order valence-corrected chi connectivity index (χ1v) is 7.48. The number of aromatic nitrogens is 4. The van der Waals surface area contributed by atoms with Gasteiger partial charge in [-0.05, 0) is 23.8 Å². The normalized spacial score (nSPS) is 10.6. The Morgan fingerprint density at radius 3 is 2.60 bits per heavy atom. The van der Waals surface area contributed by atoms with Crippen LogP contribution in [-0.2, 0) is 13.6 Å². The average molecular weight is 340 g/mol. The molecule has 0 atom stereocenters. The number of carbonyl (C=O) groups is 1. The Morgan fingerprint density at radius 1 is 1.28 bits per heavy atom. The van der Waals surface area contributed by atoms with Crippen molar-refractivity contribution in [2.75, 3.05) is 7.05 Å². The van der Waals surface area contributed by atoms with E-state index in [0.29, 0.717) is 6.54 Å². The fraction of sp³-hybridized carbons (Fsp3) is 0.188. The monoisotopic (exact) mass is 340 g/mol. The van der Waals surface area contributed by atoms with Gasteiger partial charge in [-0.3, -0.25) is 19.6 Å². The van der Waals surface area contributed by atoms with E-state index in [1.54, 1.807) is 17.9 Å². The molecule has 0 unspecified atom stereocenters. The standard InChI is InChI=1S/C16H16N6O3/c1-19(16(23)15-14(22(24)25)10-18-20(15)2)11-12-4-6-13(7-5-12)21-9-3-8-17-21/h3-10H,11H2,1-2H3. The molecule has 0 saturated carbocycles. The first-order chi connectivity index (χ1) is 12.0.